The molecule has 10 heteroatoms. The molecule has 0 aliphatic carbocycles. The van der Waals surface area contributed by atoms with Crippen molar-refractivity contribution in [1.29, 1.82) is 0 Å². The number of nitro benzene ring substituents is 1. The van der Waals surface area contributed by atoms with Gasteiger partial charge in [-0.05, 0) is 31.2 Å². The van der Waals surface area contributed by atoms with E-state index in [4.69, 9.17) is 34.8 Å². The van der Waals surface area contributed by atoms with Crippen LogP contribution in [0.5, 0.6) is 0 Å². The van der Waals surface area contributed by atoms with Crippen LogP contribution in [0.2, 0.25) is 15.1 Å². The summed E-state index contributed by atoms with van der Waals surface area (Å²) in [5.74, 6) is -0.327. The Kier molecular flexibility index (Phi) is 5.88. The molecule has 0 aliphatic heterocycles. The molecule has 1 amide bonds. The molecule has 144 valence electrons. The number of nitrogens with one attached hydrogen (secondary N) is 1. The maximum Gasteiger partial charge on any atom is 0.272 e. The van der Waals surface area contributed by atoms with Crippen LogP contribution < -0.4 is 5.32 Å². The van der Waals surface area contributed by atoms with Gasteiger partial charge in [0, 0.05) is 39.0 Å². The number of amides is 1. The van der Waals surface area contributed by atoms with E-state index < -0.39 is 10.8 Å². The molecule has 0 bridgehead atoms. The van der Waals surface area contributed by atoms with Crippen LogP contribution in [0.25, 0.3) is 0 Å². The first-order valence-electron chi connectivity index (χ1n) is 7.98. The highest BCUT2D eigenvalue weighted by Crippen LogP contribution is 2.27. The quantitative estimate of drug-likeness (QED) is 0.428. The monoisotopic (exact) mass is 438 g/mol. The molecule has 2 aromatic carbocycles. The number of halogens is 3. The Labute approximate surface area is 175 Å². The van der Waals surface area contributed by atoms with E-state index in [0.29, 0.717) is 21.2 Å². The Bertz CT molecular complexity index is 1060. The number of benzene rings is 2. The maximum absolute atomic E-state index is 12.4. The minimum Gasteiger partial charge on any atom is -0.304 e. The molecule has 7 nitrogen and oxygen atoms in total. The van der Waals surface area contributed by atoms with Gasteiger partial charge < -0.3 is 5.32 Å². The summed E-state index contributed by atoms with van der Waals surface area (Å²) in [5, 5.41) is 19.0. The zero-order valence-corrected chi connectivity index (χ0v) is 16.7. The van der Waals surface area contributed by atoms with Crippen LogP contribution in [0.4, 0.5) is 11.5 Å². The summed E-state index contributed by atoms with van der Waals surface area (Å²) in [5.41, 5.74) is 1.25. The summed E-state index contributed by atoms with van der Waals surface area (Å²) in [6, 6.07) is 9.25. The van der Waals surface area contributed by atoms with Gasteiger partial charge in [0.1, 0.15) is 5.02 Å². The largest absolute Gasteiger partial charge is 0.304 e. The third kappa shape index (κ3) is 4.27. The van der Waals surface area contributed by atoms with Crippen molar-refractivity contribution in [1.82, 2.24) is 9.78 Å². The number of rotatable bonds is 5. The maximum atomic E-state index is 12.4. The van der Waals surface area contributed by atoms with Crippen molar-refractivity contribution in [3.8, 4) is 0 Å². The summed E-state index contributed by atoms with van der Waals surface area (Å²) in [7, 11) is 0. The first-order chi connectivity index (χ1) is 13.3. The predicted octanol–water partition coefficient (Wildman–Crippen LogP) is 5.36. The molecule has 0 saturated heterocycles. The predicted molar refractivity (Wildman–Crippen MR) is 109 cm³/mol. The Balaban J connectivity index is 1.79. The molecule has 0 saturated carbocycles. The van der Waals surface area contributed by atoms with Crippen LogP contribution in [-0.2, 0) is 6.54 Å². The Morgan fingerprint density at radius 1 is 1.18 bits per heavy atom. The fourth-order valence-electron chi connectivity index (χ4n) is 2.59. The summed E-state index contributed by atoms with van der Waals surface area (Å²) in [4.78, 5) is 22.8. The van der Waals surface area contributed by atoms with E-state index in [0.717, 1.165) is 0 Å². The fraction of sp³-hybridized carbons (Fsp3) is 0.111. The minimum atomic E-state index is -0.505. The van der Waals surface area contributed by atoms with Crippen molar-refractivity contribution >= 4 is 52.2 Å². The van der Waals surface area contributed by atoms with Crippen LogP contribution in [0.1, 0.15) is 21.5 Å². The number of aromatic nitrogens is 2. The molecule has 0 spiro atoms. The molecule has 0 atom stereocenters. The van der Waals surface area contributed by atoms with Crippen molar-refractivity contribution < 1.29 is 9.72 Å². The van der Waals surface area contributed by atoms with Gasteiger partial charge in [0.15, 0.2) is 5.82 Å². The zero-order valence-electron chi connectivity index (χ0n) is 14.4. The van der Waals surface area contributed by atoms with Crippen LogP contribution >= 0.6 is 34.8 Å². The SMILES string of the molecule is Cc1cc(C(=O)Nc2nn(Cc3c(Cl)cccc3Cl)cc2Cl)ccc1[N+](=O)[O-]. The number of carbonyl (C=O) groups is 1. The third-order valence-corrected chi connectivity index (χ3v) is 4.97. The van der Waals surface area contributed by atoms with Gasteiger partial charge in [-0.25, -0.2) is 0 Å². The minimum absolute atomic E-state index is 0.0597. The van der Waals surface area contributed by atoms with E-state index in [9.17, 15) is 14.9 Å². The van der Waals surface area contributed by atoms with Crippen LogP contribution in [-0.4, -0.2) is 20.6 Å². The summed E-state index contributed by atoms with van der Waals surface area (Å²) in [6.07, 6.45) is 1.54. The van der Waals surface area contributed by atoms with E-state index in [1.54, 1.807) is 25.1 Å². The second-order valence-electron chi connectivity index (χ2n) is 5.94. The number of carbonyl (C=O) groups excluding carboxylic acids is 1. The number of anilines is 1. The third-order valence-electron chi connectivity index (χ3n) is 3.99. The molecule has 0 fully saturated rings. The van der Waals surface area contributed by atoms with Gasteiger partial charge in [-0.1, -0.05) is 40.9 Å². The summed E-state index contributed by atoms with van der Waals surface area (Å²) < 4.78 is 1.51. The average Bonchev–Trinajstić information content (AvgIpc) is 2.97. The van der Waals surface area contributed by atoms with Crippen molar-refractivity contribution in [3.05, 3.63) is 84.5 Å². The number of nitrogens with zero attached hydrogens (tertiary/aromatic N) is 3. The van der Waals surface area contributed by atoms with Gasteiger partial charge >= 0.3 is 0 Å². The molecular weight excluding hydrogens is 427 g/mol. The fourth-order valence-corrected chi connectivity index (χ4v) is 3.30. The smallest absolute Gasteiger partial charge is 0.272 e. The molecule has 0 unspecified atom stereocenters. The van der Waals surface area contributed by atoms with Crippen molar-refractivity contribution in [2.24, 2.45) is 0 Å². The lowest BCUT2D eigenvalue weighted by molar-refractivity contribution is -0.385. The lowest BCUT2D eigenvalue weighted by Gasteiger charge is -2.07. The highest BCUT2D eigenvalue weighted by molar-refractivity contribution is 6.36. The van der Waals surface area contributed by atoms with E-state index in [1.165, 1.54) is 29.1 Å². The molecule has 28 heavy (non-hydrogen) atoms. The Hall–Kier alpha value is -2.61. The highest BCUT2D eigenvalue weighted by atomic mass is 35.5. The van der Waals surface area contributed by atoms with Crippen molar-refractivity contribution in [2.45, 2.75) is 13.5 Å². The molecule has 1 N–H and O–H groups in total. The molecule has 1 heterocycles. The van der Waals surface area contributed by atoms with Crippen LogP contribution in [0.3, 0.4) is 0 Å². The molecule has 3 aromatic rings. The summed E-state index contributed by atoms with van der Waals surface area (Å²) in [6.45, 7) is 1.83. The zero-order chi connectivity index (χ0) is 20.4. The van der Waals surface area contributed by atoms with Gasteiger partial charge in [-0.2, -0.15) is 5.10 Å². The van der Waals surface area contributed by atoms with E-state index in [-0.39, 0.29) is 28.6 Å². The lowest BCUT2D eigenvalue weighted by atomic mass is 10.1. The van der Waals surface area contributed by atoms with Crippen molar-refractivity contribution in [3.63, 3.8) is 0 Å². The van der Waals surface area contributed by atoms with E-state index in [1.807, 2.05) is 0 Å². The van der Waals surface area contributed by atoms with Crippen LogP contribution in [0.15, 0.2) is 42.6 Å². The second-order valence-corrected chi connectivity index (χ2v) is 7.16. The first kappa shape index (κ1) is 20.1. The Morgan fingerprint density at radius 2 is 1.86 bits per heavy atom. The Morgan fingerprint density at radius 3 is 2.46 bits per heavy atom. The average molecular weight is 440 g/mol. The molecular formula is C18H13Cl3N4O3. The number of hydrogen-bond donors (Lipinski definition) is 1. The topological polar surface area (TPSA) is 90.1 Å². The molecule has 0 radical (unpaired) electrons. The number of aryl methyl sites for hydroxylation is 1. The van der Waals surface area contributed by atoms with E-state index in [2.05, 4.69) is 10.4 Å². The van der Waals surface area contributed by atoms with Crippen molar-refractivity contribution in [2.75, 3.05) is 5.32 Å². The molecule has 1 aromatic heterocycles. The highest BCUT2D eigenvalue weighted by Gasteiger charge is 2.17. The second kappa shape index (κ2) is 8.18. The number of nitro groups is 1. The van der Waals surface area contributed by atoms with Gasteiger partial charge in [0.2, 0.25) is 0 Å². The standard InChI is InChI=1S/C18H13Cl3N4O3/c1-10-7-11(5-6-16(10)25(27)28)18(26)22-17-15(21)9-24(23-17)8-12-13(19)3-2-4-14(12)20/h2-7,9H,8H2,1H3,(H,22,23,26). The van der Waals surface area contributed by atoms with Gasteiger partial charge in [0.25, 0.3) is 11.6 Å². The number of hydrogen-bond acceptors (Lipinski definition) is 4. The normalized spacial score (nSPS) is 10.7. The molecule has 0 aliphatic rings. The lowest BCUT2D eigenvalue weighted by Crippen LogP contribution is -2.13. The van der Waals surface area contributed by atoms with Gasteiger partial charge in [-0.15, -0.1) is 0 Å². The molecule has 3 rings (SSSR count). The summed E-state index contributed by atoms with van der Waals surface area (Å²) >= 11 is 18.5. The van der Waals surface area contributed by atoms with Gasteiger partial charge in [0.05, 0.1) is 11.5 Å². The van der Waals surface area contributed by atoms with Gasteiger partial charge in [-0.3, -0.25) is 19.6 Å². The van der Waals surface area contributed by atoms with Crippen LogP contribution in [0, 0.1) is 17.0 Å². The van der Waals surface area contributed by atoms with E-state index >= 15 is 0 Å². The first-order valence-corrected chi connectivity index (χ1v) is 9.12.